The third-order valence-corrected chi connectivity index (χ3v) is 7.19. The van der Waals surface area contributed by atoms with Gasteiger partial charge in [-0.05, 0) is 43.4 Å². The van der Waals surface area contributed by atoms with Gasteiger partial charge in [0, 0.05) is 10.5 Å². The van der Waals surface area contributed by atoms with Gasteiger partial charge < -0.3 is 15.0 Å². The summed E-state index contributed by atoms with van der Waals surface area (Å²) in [4.78, 5) is 53.0. The highest BCUT2D eigenvalue weighted by Crippen LogP contribution is 2.41. The van der Waals surface area contributed by atoms with Crippen molar-refractivity contribution in [3.63, 3.8) is 0 Å². The number of carbonyl (C=O) groups excluding carboxylic acids is 4. The van der Waals surface area contributed by atoms with Gasteiger partial charge in [0.15, 0.2) is 6.04 Å². The maximum absolute atomic E-state index is 12.9. The summed E-state index contributed by atoms with van der Waals surface area (Å²) in [6.07, 6.45) is 0.195. The molecule has 2 unspecified atom stereocenters. The van der Waals surface area contributed by atoms with Crippen LogP contribution in [-0.2, 0) is 30.3 Å². The number of esters is 1. The second kappa shape index (κ2) is 9.15. The minimum atomic E-state index is -1.10. The van der Waals surface area contributed by atoms with Crippen molar-refractivity contribution in [2.24, 2.45) is 0 Å². The second-order valence-corrected chi connectivity index (χ2v) is 11.1. The molecule has 3 atom stereocenters. The van der Waals surface area contributed by atoms with E-state index in [2.05, 4.69) is 5.32 Å². The van der Waals surface area contributed by atoms with Crippen LogP contribution in [0.15, 0.2) is 28.5 Å². The second-order valence-electron chi connectivity index (χ2n) is 7.80. The Hall–Kier alpha value is -1.78. The molecule has 162 valence electrons. The summed E-state index contributed by atoms with van der Waals surface area (Å²) in [7, 11) is 0. The van der Waals surface area contributed by atoms with Gasteiger partial charge in [-0.15, -0.1) is 23.1 Å². The van der Waals surface area contributed by atoms with Gasteiger partial charge in [-0.2, -0.15) is 0 Å². The summed E-state index contributed by atoms with van der Waals surface area (Å²) in [5.41, 5.74) is -0.514. The number of β-lactam (4-membered cyclic amide) rings is 1. The Bertz CT molecular complexity index is 876. The maximum atomic E-state index is 12.9. The molecule has 0 aliphatic carbocycles. The first kappa shape index (κ1) is 22.9. The Morgan fingerprint density at radius 1 is 1.30 bits per heavy atom. The van der Waals surface area contributed by atoms with Crippen LogP contribution in [0.25, 0.3) is 0 Å². The molecule has 1 aromatic rings. The highest BCUT2D eigenvalue weighted by molar-refractivity contribution is 8.14. The molecule has 0 aromatic carbocycles. The first-order valence-electron chi connectivity index (χ1n) is 9.52. The average molecular weight is 469 g/mol. The van der Waals surface area contributed by atoms with Crippen LogP contribution in [0.4, 0.5) is 0 Å². The van der Waals surface area contributed by atoms with Crippen molar-refractivity contribution in [2.75, 3.05) is 5.75 Å². The van der Waals surface area contributed by atoms with Gasteiger partial charge in [0.05, 0.1) is 6.42 Å². The third kappa shape index (κ3) is 4.92. The van der Waals surface area contributed by atoms with E-state index in [1.807, 2.05) is 24.4 Å². The van der Waals surface area contributed by atoms with E-state index < -0.39 is 29.0 Å². The van der Waals surface area contributed by atoms with Gasteiger partial charge >= 0.3 is 5.97 Å². The van der Waals surface area contributed by atoms with E-state index in [4.69, 9.17) is 4.74 Å². The van der Waals surface area contributed by atoms with Crippen LogP contribution >= 0.6 is 34.9 Å². The zero-order valence-corrected chi connectivity index (χ0v) is 19.6. The number of ether oxygens (including phenoxy) is 1. The number of hydrogen-bond donors (Lipinski definition) is 1. The van der Waals surface area contributed by atoms with Crippen LogP contribution < -0.4 is 5.32 Å². The lowest BCUT2D eigenvalue weighted by Crippen LogP contribution is -2.74. The van der Waals surface area contributed by atoms with Crippen LogP contribution in [0.3, 0.4) is 0 Å². The van der Waals surface area contributed by atoms with Crippen molar-refractivity contribution in [1.29, 1.82) is 0 Å². The van der Waals surface area contributed by atoms with E-state index in [1.165, 1.54) is 28.0 Å². The molecule has 3 rings (SSSR count). The van der Waals surface area contributed by atoms with Gasteiger partial charge in [-0.3, -0.25) is 14.4 Å². The molecule has 3 heterocycles. The van der Waals surface area contributed by atoms with Gasteiger partial charge in [0.2, 0.25) is 16.9 Å². The minimum Gasteiger partial charge on any atom is -0.458 e. The average Bonchev–Trinajstić information content (AvgIpc) is 3.16. The van der Waals surface area contributed by atoms with Crippen LogP contribution in [0.1, 0.15) is 32.6 Å². The first-order valence-corrected chi connectivity index (χ1v) is 12.3. The molecule has 1 aromatic heterocycles. The number of thioether (sulfide) groups is 2. The highest BCUT2D eigenvalue weighted by atomic mass is 32.2. The topological polar surface area (TPSA) is 92.8 Å². The summed E-state index contributed by atoms with van der Waals surface area (Å²) < 4.78 is 5.49. The number of nitrogens with zero attached hydrogens (tertiary/aromatic N) is 1. The summed E-state index contributed by atoms with van der Waals surface area (Å²) in [6.45, 7) is 7.05. The Labute approximate surface area is 188 Å². The first-order chi connectivity index (χ1) is 14.1. The highest BCUT2D eigenvalue weighted by Gasteiger charge is 2.57. The van der Waals surface area contributed by atoms with Crippen LogP contribution in [0, 0.1) is 0 Å². The summed E-state index contributed by atoms with van der Waals surface area (Å²) >= 11 is 3.82. The van der Waals surface area contributed by atoms with Crippen LogP contribution in [-0.4, -0.2) is 56.6 Å². The lowest BCUT2D eigenvalue weighted by atomic mass is 9.98. The summed E-state index contributed by atoms with van der Waals surface area (Å²) in [6, 6.07) is 1.89. The number of rotatable bonds is 6. The number of amides is 2. The molecule has 0 saturated carbocycles. The molecule has 1 saturated heterocycles. The van der Waals surface area contributed by atoms with Crippen molar-refractivity contribution in [2.45, 2.75) is 57.2 Å². The molecule has 30 heavy (non-hydrogen) atoms. The van der Waals surface area contributed by atoms with Gasteiger partial charge in [0.25, 0.3) is 0 Å². The molecule has 10 heteroatoms. The molecule has 1 fully saturated rings. The van der Waals surface area contributed by atoms with E-state index in [1.54, 1.807) is 26.2 Å². The zero-order valence-electron chi connectivity index (χ0n) is 17.2. The molecular weight excluding hydrogens is 444 g/mol. The van der Waals surface area contributed by atoms with Gasteiger partial charge in [0.1, 0.15) is 17.0 Å². The Kier molecular flexibility index (Phi) is 6.98. The molecule has 0 bridgehead atoms. The van der Waals surface area contributed by atoms with Crippen LogP contribution in [0.5, 0.6) is 0 Å². The molecule has 1 N–H and O–H groups in total. The lowest BCUT2D eigenvalue weighted by Gasteiger charge is -2.51. The number of thiophene rings is 1. The fourth-order valence-corrected chi connectivity index (χ4v) is 5.76. The molecule has 7 nitrogen and oxygen atoms in total. The molecule has 0 radical (unpaired) electrons. The van der Waals surface area contributed by atoms with Crippen molar-refractivity contribution < 1.29 is 23.9 Å². The third-order valence-electron chi connectivity index (χ3n) is 4.36. The Morgan fingerprint density at radius 3 is 2.63 bits per heavy atom. The zero-order chi connectivity index (χ0) is 22.1. The van der Waals surface area contributed by atoms with Crippen molar-refractivity contribution in [3.05, 3.63) is 33.4 Å². The Morgan fingerprint density at radius 2 is 2.03 bits per heavy atom. The number of hydrogen-bond acceptors (Lipinski definition) is 8. The fraction of sp³-hybridized carbons (Fsp3) is 0.500. The monoisotopic (exact) mass is 468 g/mol. The molecule has 2 amide bonds. The van der Waals surface area contributed by atoms with E-state index in [9.17, 15) is 19.2 Å². The van der Waals surface area contributed by atoms with E-state index in [0.717, 1.165) is 16.6 Å². The number of fused-ring (bicyclic) bond motifs is 1. The largest absolute Gasteiger partial charge is 0.458 e. The smallest absolute Gasteiger partial charge is 0.334 e. The quantitative estimate of drug-likeness (QED) is 0.507. The summed E-state index contributed by atoms with van der Waals surface area (Å²) in [5, 5.41) is 5.58. The maximum Gasteiger partial charge on any atom is 0.334 e. The molecule has 2 aliphatic rings. The fourth-order valence-electron chi connectivity index (χ4n) is 3.16. The number of nitrogens with one attached hydrogen (secondary N) is 1. The predicted octanol–water partition coefficient (Wildman–Crippen LogP) is 2.56. The lowest BCUT2D eigenvalue weighted by molar-refractivity contribution is -0.170. The van der Waals surface area contributed by atoms with Crippen molar-refractivity contribution >= 4 is 57.8 Å². The minimum absolute atomic E-state index is 0.195. The molecule has 2 aliphatic heterocycles. The molecule has 0 spiro atoms. The van der Waals surface area contributed by atoms with Crippen molar-refractivity contribution in [3.8, 4) is 0 Å². The normalized spacial score (nSPS) is 23.2. The number of carbonyl (C=O) groups is 4. The van der Waals surface area contributed by atoms with Crippen molar-refractivity contribution in [1.82, 2.24) is 10.2 Å². The van der Waals surface area contributed by atoms with E-state index in [0.29, 0.717) is 5.75 Å². The predicted molar refractivity (Wildman–Crippen MR) is 119 cm³/mol. The standard InChI is InChI=1S/C20H24N2O5S3/c1-5-28-19(26)12-10-30-17-14(21-13(23)9-11-7-6-8-29-11)16(24)22(17)15(12)18(25)27-20(2,3)4/h6-8,10,14-15,17H,5,9H2,1-4H3,(H,21,23)/t14?,15?,17-/m0/s1. The van der Waals surface area contributed by atoms with E-state index >= 15 is 0 Å². The SMILES string of the molecule is CCSC(=O)C1=CS[C@H]2C(NC(=O)Cc3cccs3)C(=O)N2C1C(=O)OC(C)(C)C. The van der Waals surface area contributed by atoms with Gasteiger partial charge in [-0.1, -0.05) is 24.8 Å². The Balaban J connectivity index is 1.78. The summed E-state index contributed by atoms with van der Waals surface area (Å²) in [5.74, 6) is -0.721. The van der Waals surface area contributed by atoms with E-state index in [-0.39, 0.29) is 28.9 Å². The van der Waals surface area contributed by atoms with Crippen LogP contribution in [0.2, 0.25) is 0 Å². The molecular formula is C20H24N2O5S3. The van der Waals surface area contributed by atoms with Gasteiger partial charge in [-0.25, -0.2) is 4.79 Å².